The van der Waals surface area contributed by atoms with Crippen LogP contribution >= 0.6 is 46.3 Å². The molecule has 0 spiro atoms. The Kier molecular flexibility index (Phi) is 6.92. The van der Waals surface area contributed by atoms with Gasteiger partial charge in [-0.25, -0.2) is 4.98 Å². The van der Waals surface area contributed by atoms with Crippen LogP contribution in [0, 0.1) is 11.3 Å². The minimum atomic E-state index is -0.216. The molecule has 4 rings (SSSR count). The van der Waals surface area contributed by atoms with Gasteiger partial charge in [-0.1, -0.05) is 62.2 Å². The number of benzene rings is 1. The van der Waals surface area contributed by atoms with Crippen LogP contribution in [-0.2, 0) is 17.6 Å². The minimum absolute atomic E-state index is 0.118. The average Bonchev–Trinajstić information content (AvgIpc) is 3.13. The number of nitrogens with one attached hydrogen (secondary N) is 2. The molecule has 2 N–H and O–H groups in total. The highest BCUT2D eigenvalue weighted by Gasteiger charge is 2.33. The van der Waals surface area contributed by atoms with Gasteiger partial charge in [-0.05, 0) is 54.4 Å². The maximum absolute atomic E-state index is 12.8. The number of fused-ring (bicyclic) bond motifs is 3. The third-order valence-electron chi connectivity index (χ3n) is 6.46. The Morgan fingerprint density at radius 3 is 2.84 bits per heavy atom. The first-order valence-corrected chi connectivity index (χ1v) is 13.2. The first-order valence-electron chi connectivity index (χ1n) is 10.6. The highest BCUT2D eigenvalue weighted by atomic mass is 35.5. The van der Waals surface area contributed by atoms with Gasteiger partial charge in [-0.2, -0.15) is 0 Å². The second kappa shape index (κ2) is 9.37. The van der Waals surface area contributed by atoms with E-state index in [4.69, 9.17) is 23.2 Å². The molecule has 32 heavy (non-hydrogen) atoms. The lowest BCUT2D eigenvalue weighted by Gasteiger charge is -2.36. The van der Waals surface area contributed by atoms with Crippen molar-refractivity contribution in [1.29, 1.82) is 0 Å². The minimum Gasteiger partial charge on any atom is -0.325 e. The molecule has 1 aromatic carbocycles. The number of hydrogen-bond donors (Lipinski definition) is 2. The zero-order valence-electron chi connectivity index (χ0n) is 18.2. The van der Waals surface area contributed by atoms with E-state index in [9.17, 15) is 9.59 Å². The number of carbonyl (C=O) groups is 1. The molecule has 0 saturated heterocycles. The van der Waals surface area contributed by atoms with Crippen LogP contribution in [0.15, 0.2) is 28.2 Å². The molecule has 9 heteroatoms. The van der Waals surface area contributed by atoms with E-state index < -0.39 is 0 Å². The topological polar surface area (TPSA) is 74.8 Å². The van der Waals surface area contributed by atoms with E-state index in [-0.39, 0.29) is 22.6 Å². The van der Waals surface area contributed by atoms with E-state index in [0.717, 1.165) is 41.5 Å². The van der Waals surface area contributed by atoms with E-state index >= 15 is 0 Å². The monoisotopic (exact) mass is 509 g/mol. The number of halogens is 2. The molecule has 2 heterocycles. The molecule has 0 fully saturated rings. The van der Waals surface area contributed by atoms with Gasteiger partial charge in [0.25, 0.3) is 5.56 Å². The number of thiophene rings is 1. The summed E-state index contributed by atoms with van der Waals surface area (Å²) in [6.45, 7) is 6.91. The number of carbonyl (C=O) groups excluding carboxylic acids is 1. The lowest BCUT2D eigenvalue weighted by Crippen LogP contribution is -2.28. The molecule has 1 atom stereocenters. The van der Waals surface area contributed by atoms with Gasteiger partial charge in [0.15, 0.2) is 5.16 Å². The zero-order valence-corrected chi connectivity index (χ0v) is 21.3. The van der Waals surface area contributed by atoms with Gasteiger partial charge in [0.1, 0.15) is 4.83 Å². The quantitative estimate of drug-likeness (QED) is 0.291. The van der Waals surface area contributed by atoms with Gasteiger partial charge >= 0.3 is 0 Å². The fourth-order valence-electron chi connectivity index (χ4n) is 4.09. The Morgan fingerprint density at radius 1 is 1.34 bits per heavy atom. The average molecular weight is 511 g/mol. The summed E-state index contributed by atoms with van der Waals surface area (Å²) in [4.78, 5) is 34.7. The van der Waals surface area contributed by atoms with Crippen molar-refractivity contribution in [2.45, 2.75) is 51.6 Å². The largest absolute Gasteiger partial charge is 0.325 e. The number of anilines is 1. The molecule has 0 bridgehead atoms. The van der Waals surface area contributed by atoms with Crippen LogP contribution in [0.4, 0.5) is 5.69 Å². The van der Waals surface area contributed by atoms with E-state index in [1.807, 2.05) is 0 Å². The van der Waals surface area contributed by atoms with Gasteiger partial charge < -0.3 is 10.3 Å². The van der Waals surface area contributed by atoms with Crippen LogP contribution in [0.1, 0.15) is 44.1 Å². The smallest absolute Gasteiger partial charge is 0.260 e. The lowest BCUT2D eigenvalue weighted by molar-refractivity contribution is -0.113. The SMILES string of the molecule is CCC(C)(C)[C@H]1CCc2c(sc3nc(SCC(=O)Nc4ccc(Cl)c(Cl)c4)[nH]c(=O)c23)C1. The third kappa shape index (κ3) is 4.86. The molecule has 170 valence electrons. The van der Waals surface area contributed by atoms with Crippen LogP contribution < -0.4 is 10.9 Å². The maximum Gasteiger partial charge on any atom is 0.260 e. The highest BCUT2D eigenvalue weighted by Crippen LogP contribution is 2.43. The van der Waals surface area contributed by atoms with Crippen LogP contribution in [0.3, 0.4) is 0 Å². The fourth-order valence-corrected chi connectivity index (χ4v) is 6.41. The number of amides is 1. The number of rotatable bonds is 6. The summed E-state index contributed by atoms with van der Waals surface area (Å²) in [7, 11) is 0. The van der Waals surface area contributed by atoms with E-state index in [2.05, 4.69) is 36.1 Å². The summed E-state index contributed by atoms with van der Waals surface area (Å²) >= 11 is 14.7. The number of H-pyrrole nitrogens is 1. The molecule has 0 aliphatic heterocycles. The van der Waals surface area contributed by atoms with Crippen molar-refractivity contribution in [3.05, 3.63) is 49.0 Å². The van der Waals surface area contributed by atoms with E-state index in [1.54, 1.807) is 29.5 Å². The molecule has 0 saturated carbocycles. The van der Waals surface area contributed by atoms with Gasteiger partial charge in [-0.15, -0.1) is 11.3 Å². The summed E-state index contributed by atoms with van der Waals surface area (Å²) in [5, 5.41) is 4.76. The Labute approximate surface area is 205 Å². The molecule has 0 unspecified atom stereocenters. The molecule has 3 aromatic rings. The number of aryl methyl sites for hydroxylation is 1. The predicted molar refractivity (Wildman–Crippen MR) is 136 cm³/mol. The zero-order chi connectivity index (χ0) is 23.0. The van der Waals surface area contributed by atoms with Crippen molar-refractivity contribution in [2.75, 3.05) is 11.1 Å². The summed E-state index contributed by atoms with van der Waals surface area (Å²) < 4.78 is 0. The summed E-state index contributed by atoms with van der Waals surface area (Å²) in [5.74, 6) is 0.518. The number of hydrogen-bond acceptors (Lipinski definition) is 5. The predicted octanol–water partition coefficient (Wildman–Crippen LogP) is 6.56. The van der Waals surface area contributed by atoms with Gasteiger partial charge in [0.2, 0.25) is 5.91 Å². The normalized spacial score (nSPS) is 16.2. The first kappa shape index (κ1) is 23.6. The van der Waals surface area contributed by atoms with Crippen molar-refractivity contribution in [3.8, 4) is 0 Å². The van der Waals surface area contributed by atoms with Crippen molar-refractivity contribution < 1.29 is 4.79 Å². The molecule has 2 aromatic heterocycles. The van der Waals surface area contributed by atoms with Crippen molar-refractivity contribution in [1.82, 2.24) is 9.97 Å². The maximum atomic E-state index is 12.8. The Hall–Kier alpha value is -1.54. The Balaban J connectivity index is 1.48. The van der Waals surface area contributed by atoms with Crippen LogP contribution in [0.2, 0.25) is 10.0 Å². The molecular weight excluding hydrogens is 485 g/mol. The molecule has 1 amide bonds. The van der Waals surface area contributed by atoms with Crippen LogP contribution in [0.25, 0.3) is 10.2 Å². The molecule has 0 radical (unpaired) electrons. The van der Waals surface area contributed by atoms with Crippen molar-refractivity contribution in [3.63, 3.8) is 0 Å². The lowest BCUT2D eigenvalue weighted by atomic mass is 9.70. The van der Waals surface area contributed by atoms with Gasteiger partial charge in [-0.3, -0.25) is 9.59 Å². The van der Waals surface area contributed by atoms with Crippen LogP contribution in [-0.4, -0.2) is 21.6 Å². The van der Waals surface area contributed by atoms with Crippen LogP contribution in [0.5, 0.6) is 0 Å². The number of aromatic nitrogens is 2. The highest BCUT2D eigenvalue weighted by molar-refractivity contribution is 7.99. The molecular formula is C23H25Cl2N3O2S2. The molecule has 5 nitrogen and oxygen atoms in total. The number of thioether (sulfide) groups is 1. The Bertz CT molecular complexity index is 1240. The van der Waals surface area contributed by atoms with Gasteiger partial charge in [0.05, 0.1) is 21.2 Å². The summed E-state index contributed by atoms with van der Waals surface area (Å²) in [5.41, 5.74) is 1.90. The second-order valence-electron chi connectivity index (χ2n) is 8.80. The first-order chi connectivity index (χ1) is 15.2. The van der Waals surface area contributed by atoms with E-state index in [0.29, 0.717) is 26.8 Å². The number of aromatic amines is 1. The second-order valence-corrected chi connectivity index (χ2v) is 11.7. The number of nitrogens with zero attached hydrogens (tertiary/aromatic N) is 1. The standard InChI is InChI=1S/C23H25Cl2N3O2S2/c1-4-23(2,3)12-5-7-14-17(9-12)32-21-19(14)20(30)27-22(28-21)31-11-18(29)26-13-6-8-15(24)16(25)10-13/h6,8,10,12H,4-5,7,9,11H2,1-3H3,(H,26,29)(H,27,28,30)/t12-/m0/s1. The molecule has 1 aliphatic rings. The van der Waals surface area contributed by atoms with E-state index in [1.165, 1.54) is 16.6 Å². The van der Waals surface area contributed by atoms with Crippen molar-refractivity contribution in [2.24, 2.45) is 11.3 Å². The fraction of sp³-hybridized carbons (Fsp3) is 0.435. The van der Waals surface area contributed by atoms with Crippen molar-refractivity contribution >= 4 is 68.1 Å². The summed E-state index contributed by atoms with van der Waals surface area (Å²) in [6.07, 6.45) is 4.17. The Morgan fingerprint density at radius 2 is 2.12 bits per heavy atom. The molecule has 1 aliphatic carbocycles. The summed E-state index contributed by atoms with van der Waals surface area (Å²) in [6, 6.07) is 4.92. The third-order valence-corrected chi connectivity index (χ3v) is 9.22. The van der Waals surface area contributed by atoms with Gasteiger partial charge in [0, 0.05) is 10.6 Å².